The zero-order valence-corrected chi connectivity index (χ0v) is 11.5. The van der Waals surface area contributed by atoms with Gasteiger partial charge < -0.3 is 9.73 Å². The number of alkyl halides is 2. The van der Waals surface area contributed by atoms with Gasteiger partial charge in [-0.1, -0.05) is 11.3 Å². The summed E-state index contributed by atoms with van der Waals surface area (Å²) in [6.45, 7) is 1.29. The largest absolute Gasteiger partial charge is 0.469 e. The van der Waals surface area contributed by atoms with Crippen LogP contribution >= 0.6 is 11.3 Å². The average Bonchev–Trinajstić information content (AvgIpc) is 3.05. The molecule has 2 aromatic rings. The van der Waals surface area contributed by atoms with Crippen LogP contribution in [0.5, 0.6) is 0 Å². The molecule has 2 N–H and O–H groups in total. The van der Waals surface area contributed by atoms with Crippen LogP contribution < -0.4 is 10.6 Å². The van der Waals surface area contributed by atoms with Gasteiger partial charge in [0.25, 0.3) is 12.3 Å². The molecule has 2 aromatic heterocycles. The van der Waals surface area contributed by atoms with E-state index in [-0.39, 0.29) is 11.7 Å². The molecule has 2 rings (SSSR count). The number of hydrogen-bond donors (Lipinski definition) is 2. The van der Waals surface area contributed by atoms with Crippen molar-refractivity contribution in [1.29, 1.82) is 0 Å². The van der Waals surface area contributed by atoms with Crippen molar-refractivity contribution in [1.82, 2.24) is 15.5 Å². The van der Waals surface area contributed by atoms with Crippen LogP contribution in [-0.4, -0.2) is 28.6 Å². The summed E-state index contributed by atoms with van der Waals surface area (Å²) in [5.41, 5.74) is 0.318. The molecule has 21 heavy (non-hydrogen) atoms. The highest BCUT2D eigenvalue weighted by Crippen LogP contribution is 2.24. The number of aromatic nitrogens is 2. The summed E-state index contributed by atoms with van der Waals surface area (Å²) < 4.78 is 29.6. The molecule has 0 aliphatic carbocycles. The molecule has 2 heterocycles. The van der Waals surface area contributed by atoms with Gasteiger partial charge in [0.2, 0.25) is 11.0 Å². The van der Waals surface area contributed by atoms with E-state index in [2.05, 4.69) is 20.8 Å². The highest BCUT2D eigenvalue weighted by molar-refractivity contribution is 7.15. The first-order chi connectivity index (χ1) is 9.97. The minimum atomic E-state index is -2.74. The first-order valence-corrected chi connectivity index (χ1v) is 6.52. The van der Waals surface area contributed by atoms with Crippen molar-refractivity contribution in [2.45, 2.75) is 13.3 Å². The fraction of sp³-hybridized carbons (Fsp3) is 0.273. The predicted molar refractivity (Wildman–Crippen MR) is 69.3 cm³/mol. The van der Waals surface area contributed by atoms with Crippen molar-refractivity contribution < 1.29 is 22.8 Å². The molecule has 0 radical (unpaired) electrons. The number of amides is 2. The summed E-state index contributed by atoms with van der Waals surface area (Å²) >= 11 is 0.572. The first kappa shape index (κ1) is 15.0. The number of aryl methyl sites for hydroxylation is 1. The third-order valence-corrected chi connectivity index (χ3v) is 3.23. The Morgan fingerprint density at radius 2 is 2.19 bits per heavy atom. The summed E-state index contributed by atoms with van der Waals surface area (Å²) in [5.74, 6) is -0.637. The van der Waals surface area contributed by atoms with Crippen molar-refractivity contribution in [2.75, 3.05) is 11.9 Å². The molecular formula is C11H10F2N4O3S. The van der Waals surface area contributed by atoms with E-state index in [4.69, 9.17) is 4.42 Å². The number of carbonyl (C=O) groups excluding carboxylic acids is 2. The van der Waals surface area contributed by atoms with Crippen molar-refractivity contribution >= 4 is 28.3 Å². The van der Waals surface area contributed by atoms with Crippen molar-refractivity contribution in [3.8, 4) is 0 Å². The fourth-order valence-electron chi connectivity index (χ4n) is 1.41. The molecule has 0 aromatic carbocycles. The molecule has 0 unspecified atom stereocenters. The van der Waals surface area contributed by atoms with Crippen molar-refractivity contribution in [3.05, 3.63) is 28.7 Å². The maximum absolute atomic E-state index is 12.3. The maximum Gasteiger partial charge on any atom is 0.291 e. The van der Waals surface area contributed by atoms with Crippen LogP contribution in [0.25, 0.3) is 0 Å². The quantitative estimate of drug-likeness (QED) is 0.876. The Labute approximate surface area is 121 Å². The predicted octanol–water partition coefficient (Wildman–Crippen LogP) is 1.75. The standard InChI is InChI=1S/C11H10F2N4O3S/c1-5-6(2-3-20-5)9(19)14-4-7(18)15-11-17-16-10(21-11)8(12)13/h2-3,8H,4H2,1H3,(H,14,19)(H,15,17,18). The smallest absolute Gasteiger partial charge is 0.291 e. The molecule has 112 valence electrons. The van der Waals surface area contributed by atoms with Crippen LogP contribution in [0, 0.1) is 6.92 Å². The van der Waals surface area contributed by atoms with Crippen LogP contribution in [0.3, 0.4) is 0 Å². The second-order valence-corrected chi connectivity index (χ2v) is 4.88. The Bertz CT molecular complexity index is 655. The number of furan rings is 1. The molecule has 0 fully saturated rings. The monoisotopic (exact) mass is 316 g/mol. The second kappa shape index (κ2) is 6.39. The third-order valence-electron chi connectivity index (χ3n) is 2.39. The van der Waals surface area contributed by atoms with E-state index in [0.29, 0.717) is 22.7 Å². The Balaban J connectivity index is 1.84. The van der Waals surface area contributed by atoms with Gasteiger partial charge in [-0.2, -0.15) is 0 Å². The summed E-state index contributed by atoms with van der Waals surface area (Å²) in [6, 6.07) is 1.47. The summed E-state index contributed by atoms with van der Waals surface area (Å²) in [7, 11) is 0. The molecule has 0 aliphatic heterocycles. The Kier molecular flexibility index (Phi) is 4.58. The lowest BCUT2D eigenvalue weighted by Gasteiger charge is -2.03. The molecule has 10 heteroatoms. The molecule has 2 amide bonds. The Morgan fingerprint density at radius 1 is 1.43 bits per heavy atom. The second-order valence-electron chi connectivity index (χ2n) is 3.87. The SMILES string of the molecule is Cc1occc1C(=O)NCC(=O)Nc1nnc(C(F)F)s1. The lowest BCUT2D eigenvalue weighted by molar-refractivity contribution is -0.115. The van der Waals surface area contributed by atoms with E-state index in [1.807, 2.05) is 0 Å². The molecule has 0 saturated heterocycles. The minimum absolute atomic E-state index is 0.0518. The molecule has 0 saturated carbocycles. The number of rotatable bonds is 5. The van der Waals surface area contributed by atoms with Crippen molar-refractivity contribution in [3.63, 3.8) is 0 Å². The molecular weight excluding hydrogens is 306 g/mol. The maximum atomic E-state index is 12.3. The molecule has 7 nitrogen and oxygen atoms in total. The summed E-state index contributed by atoms with van der Waals surface area (Å²) in [6.07, 6.45) is -1.38. The van der Waals surface area contributed by atoms with E-state index in [9.17, 15) is 18.4 Å². The van der Waals surface area contributed by atoms with Crippen LogP contribution in [0.4, 0.5) is 13.9 Å². The van der Waals surface area contributed by atoms with Gasteiger partial charge in [0.1, 0.15) is 5.76 Å². The van der Waals surface area contributed by atoms with Crippen LogP contribution in [0.15, 0.2) is 16.7 Å². The number of nitrogens with one attached hydrogen (secondary N) is 2. The van der Waals surface area contributed by atoms with Gasteiger partial charge in [-0.25, -0.2) is 8.78 Å². The molecule has 0 spiro atoms. The molecule has 0 atom stereocenters. The van der Waals surface area contributed by atoms with Gasteiger partial charge in [0.05, 0.1) is 18.4 Å². The number of anilines is 1. The van der Waals surface area contributed by atoms with Crippen molar-refractivity contribution in [2.24, 2.45) is 0 Å². The van der Waals surface area contributed by atoms with Gasteiger partial charge in [-0.05, 0) is 13.0 Å². The lowest BCUT2D eigenvalue weighted by Crippen LogP contribution is -2.32. The minimum Gasteiger partial charge on any atom is -0.469 e. The first-order valence-electron chi connectivity index (χ1n) is 5.71. The molecule has 0 bridgehead atoms. The number of hydrogen-bond acceptors (Lipinski definition) is 6. The van der Waals surface area contributed by atoms with E-state index in [1.165, 1.54) is 12.3 Å². The normalized spacial score (nSPS) is 10.7. The number of nitrogens with zero attached hydrogens (tertiary/aromatic N) is 2. The van der Waals surface area contributed by atoms with E-state index >= 15 is 0 Å². The third kappa shape index (κ3) is 3.81. The zero-order valence-electron chi connectivity index (χ0n) is 10.7. The highest BCUT2D eigenvalue weighted by Gasteiger charge is 2.16. The van der Waals surface area contributed by atoms with E-state index in [1.54, 1.807) is 6.92 Å². The van der Waals surface area contributed by atoms with Gasteiger partial charge in [-0.3, -0.25) is 14.9 Å². The highest BCUT2D eigenvalue weighted by atomic mass is 32.1. The lowest BCUT2D eigenvalue weighted by atomic mass is 10.2. The number of carbonyl (C=O) groups is 2. The van der Waals surface area contributed by atoms with Crippen LogP contribution in [0.1, 0.15) is 27.6 Å². The van der Waals surface area contributed by atoms with Gasteiger partial charge in [-0.15, -0.1) is 10.2 Å². The summed E-state index contributed by atoms with van der Waals surface area (Å²) in [5, 5.41) is 10.7. The average molecular weight is 316 g/mol. The van der Waals surface area contributed by atoms with Gasteiger partial charge in [0, 0.05) is 0 Å². The Morgan fingerprint density at radius 3 is 2.76 bits per heavy atom. The van der Waals surface area contributed by atoms with E-state index in [0.717, 1.165) is 0 Å². The Hall–Kier alpha value is -2.36. The van der Waals surface area contributed by atoms with Gasteiger partial charge in [0.15, 0.2) is 5.01 Å². The van der Waals surface area contributed by atoms with Crippen LogP contribution in [-0.2, 0) is 4.79 Å². The van der Waals surface area contributed by atoms with Gasteiger partial charge >= 0.3 is 0 Å². The number of halogens is 2. The summed E-state index contributed by atoms with van der Waals surface area (Å²) in [4.78, 5) is 23.3. The molecule has 0 aliphatic rings. The van der Waals surface area contributed by atoms with E-state index < -0.39 is 23.2 Å². The fourth-order valence-corrected chi connectivity index (χ4v) is 2.03. The zero-order chi connectivity index (χ0) is 15.4. The topological polar surface area (TPSA) is 97.1 Å². The van der Waals surface area contributed by atoms with Crippen LogP contribution in [0.2, 0.25) is 0 Å².